The van der Waals surface area contributed by atoms with Gasteiger partial charge in [-0.25, -0.2) is 9.78 Å². The summed E-state index contributed by atoms with van der Waals surface area (Å²) in [5.41, 5.74) is 2.35. The SMILES string of the molecule is COC(=O)c1ncn(-c2cc(OC)c(OC)c(OC)c2)c1-c1ccccc1. The zero-order chi connectivity index (χ0) is 19.4. The Morgan fingerprint density at radius 1 is 0.926 bits per heavy atom. The van der Waals surface area contributed by atoms with Crippen molar-refractivity contribution >= 4 is 5.97 Å². The van der Waals surface area contributed by atoms with Crippen molar-refractivity contribution < 1.29 is 23.7 Å². The number of esters is 1. The molecule has 7 heteroatoms. The standard InChI is InChI=1S/C20H20N2O5/c1-24-15-10-14(11-16(25-2)19(15)26-3)22-12-21-17(20(23)27-4)18(22)13-8-6-5-7-9-13/h5-12H,1-4H3. The number of nitrogens with zero attached hydrogens (tertiary/aromatic N) is 2. The van der Waals surface area contributed by atoms with Gasteiger partial charge in [-0.1, -0.05) is 30.3 Å². The molecule has 0 saturated carbocycles. The van der Waals surface area contributed by atoms with Gasteiger partial charge in [0.05, 0.1) is 39.8 Å². The van der Waals surface area contributed by atoms with Crippen molar-refractivity contribution in [3.8, 4) is 34.2 Å². The van der Waals surface area contributed by atoms with Gasteiger partial charge < -0.3 is 18.9 Å². The van der Waals surface area contributed by atoms with E-state index in [4.69, 9.17) is 18.9 Å². The Morgan fingerprint density at radius 3 is 2.07 bits per heavy atom. The summed E-state index contributed by atoms with van der Waals surface area (Å²) >= 11 is 0. The Hall–Kier alpha value is -3.48. The van der Waals surface area contributed by atoms with Crippen LogP contribution in [0.15, 0.2) is 48.8 Å². The summed E-state index contributed by atoms with van der Waals surface area (Å²) in [6, 6.07) is 13.1. The van der Waals surface area contributed by atoms with Gasteiger partial charge in [0, 0.05) is 17.7 Å². The van der Waals surface area contributed by atoms with Crippen LogP contribution in [0.4, 0.5) is 0 Å². The molecule has 0 radical (unpaired) electrons. The molecular formula is C20H20N2O5. The van der Waals surface area contributed by atoms with Crippen LogP contribution in [0.1, 0.15) is 10.5 Å². The van der Waals surface area contributed by atoms with E-state index in [1.807, 2.05) is 30.3 Å². The minimum Gasteiger partial charge on any atom is -0.493 e. The van der Waals surface area contributed by atoms with Gasteiger partial charge in [0.2, 0.25) is 5.75 Å². The molecule has 7 nitrogen and oxygen atoms in total. The number of carbonyl (C=O) groups is 1. The third-order valence-electron chi connectivity index (χ3n) is 4.12. The molecule has 0 amide bonds. The van der Waals surface area contributed by atoms with Crippen LogP contribution in [-0.4, -0.2) is 44.0 Å². The monoisotopic (exact) mass is 368 g/mol. The first-order valence-electron chi connectivity index (χ1n) is 8.16. The first-order chi connectivity index (χ1) is 13.1. The molecule has 3 rings (SSSR count). The Kier molecular flexibility index (Phi) is 5.30. The number of imidazole rings is 1. The van der Waals surface area contributed by atoms with Gasteiger partial charge in [-0.15, -0.1) is 0 Å². The third-order valence-corrected chi connectivity index (χ3v) is 4.12. The number of carbonyl (C=O) groups excluding carboxylic acids is 1. The van der Waals surface area contributed by atoms with Crippen molar-refractivity contribution in [2.45, 2.75) is 0 Å². The van der Waals surface area contributed by atoms with E-state index in [9.17, 15) is 4.79 Å². The van der Waals surface area contributed by atoms with Crippen LogP contribution in [0.2, 0.25) is 0 Å². The molecule has 0 bridgehead atoms. The van der Waals surface area contributed by atoms with E-state index in [0.717, 1.165) is 5.56 Å². The molecule has 140 valence electrons. The molecular weight excluding hydrogens is 348 g/mol. The van der Waals surface area contributed by atoms with E-state index in [1.54, 1.807) is 44.4 Å². The first-order valence-corrected chi connectivity index (χ1v) is 8.16. The Morgan fingerprint density at radius 2 is 1.56 bits per heavy atom. The number of methoxy groups -OCH3 is 4. The van der Waals surface area contributed by atoms with Crippen LogP contribution < -0.4 is 14.2 Å². The summed E-state index contributed by atoms with van der Waals surface area (Å²) in [4.78, 5) is 16.5. The maximum Gasteiger partial charge on any atom is 0.358 e. The molecule has 0 saturated heterocycles. The molecule has 0 fully saturated rings. The lowest BCUT2D eigenvalue weighted by Gasteiger charge is -2.16. The van der Waals surface area contributed by atoms with Gasteiger partial charge in [0.1, 0.15) is 6.33 Å². The zero-order valence-electron chi connectivity index (χ0n) is 15.6. The topological polar surface area (TPSA) is 71.8 Å². The third kappa shape index (κ3) is 3.31. The van der Waals surface area contributed by atoms with Crippen LogP contribution >= 0.6 is 0 Å². The van der Waals surface area contributed by atoms with E-state index >= 15 is 0 Å². The molecule has 0 N–H and O–H groups in total. The second-order valence-corrected chi connectivity index (χ2v) is 5.55. The lowest BCUT2D eigenvalue weighted by atomic mass is 10.1. The van der Waals surface area contributed by atoms with Crippen molar-refractivity contribution in [1.29, 1.82) is 0 Å². The quantitative estimate of drug-likeness (QED) is 0.622. The fourth-order valence-corrected chi connectivity index (χ4v) is 2.87. The van der Waals surface area contributed by atoms with Crippen LogP contribution in [0, 0.1) is 0 Å². The molecule has 0 atom stereocenters. The second-order valence-electron chi connectivity index (χ2n) is 5.55. The number of hydrogen-bond acceptors (Lipinski definition) is 6. The van der Waals surface area contributed by atoms with E-state index in [0.29, 0.717) is 28.6 Å². The highest BCUT2D eigenvalue weighted by Crippen LogP contribution is 2.40. The summed E-state index contributed by atoms with van der Waals surface area (Å²) < 4.78 is 22.9. The number of aromatic nitrogens is 2. The van der Waals surface area contributed by atoms with Crippen molar-refractivity contribution in [3.05, 3.63) is 54.5 Å². The highest BCUT2D eigenvalue weighted by Gasteiger charge is 2.22. The van der Waals surface area contributed by atoms with Gasteiger partial charge >= 0.3 is 5.97 Å². The zero-order valence-corrected chi connectivity index (χ0v) is 15.6. The van der Waals surface area contributed by atoms with Crippen LogP contribution in [0.25, 0.3) is 16.9 Å². The molecule has 0 spiro atoms. The lowest BCUT2D eigenvalue weighted by Crippen LogP contribution is -2.06. The minimum atomic E-state index is -0.514. The summed E-state index contributed by atoms with van der Waals surface area (Å²) in [5, 5.41) is 0. The van der Waals surface area contributed by atoms with Gasteiger partial charge in [0.15, 0.2) is 17.2 Å². The van der Waals surface area contributed by atoms with Gasteiger partial charge in [0.25, 0.3) is 0 Å². The average Bonchev–Trinajstić information content (AvgIpc) is 3.17. The maximum absolute atomic E-state index is 12.2. The Labute approximate surface area is 157 Å². The molecule has 3 aromatic rings. The summed E-state index contributed by atoms with van der Waals surface area (Å²) in [7, 11) is 5.97. The summed E-state index contributed by atoms with van der Waals surface area (Å²) in [6.45, 7) is 0. The number of benzene rings is 2. The van der Waals surface area contributed by atoms with Gasteiger partial charge in [-0.05, 0) is 0 Å². The fourth-order valence-electron chi connectivity index (χ4n) is 2.87. The van der Waals surface area contributed by atoms with E-state index < -0.39 is 5.97 Å². The maximum atomic E-state index is 12.2. The van der Waals surface area contributed by atoms with Crippen molar-refractivity contribution in [3.63, 3.8) is 0 Å². The van der Waals surface area contributed by atoms with E-state index in [2.05, 4.69) is 4.98 Å². The number of hydrogen-bond donors (Lipinski definition) is 0. The molecule has 27 heavy (non-hydrogen) atoms. The van der Waals surface area contributed by atoms with Crippen molar-refractivity contribution in [1.82, 2.24) is 9.55 Å². The average molecular weight is 368 g/mol. The fraction of sp³-hybridized carbons (Fsp3) is 0.200. The van der Waals surface area contributed by atoms with Gasteiger partial charge in [-0.2, -0.15) is 0 Å². The van der Waals surface area contributed by atoms with E-state index in [-0.39, 0.29) is 5.69 Å². The van der Waals surface area contributed by atoms with Crippen LogP contribution in [0.3, 0.4) is 0 Å². The molecule has 0 unspecified atom stereocenters. The number of ether oxygens (including phenoxy) is 4. The molecule has 2 aromatic carbocycles. The Balaban J connectivity index is 2.27. The highest BCUT2D eigenvalue weighted by atomic mass is 16.5. The molecule has 1 aromatic heterocycles. The predicted molar refractivity (Wildman–Crippen MR) is 100.0 cm³/mol. The first kappa shape index (κ1) is 18.3. The predicted octanol–water partition coefficient (Wildman–Crippen LogP) is 3.35. The minimum absolute atomic E-state index is 0.220. The molecule has 0 aliphatic carbocycles. The lowest BCUT2D eigenvalue weighted by molar-refractivity contribution is 0.0595. The molecule has 0 aliphatic heterocycles. The highest BCUT2D eigenvalue weighted by molar-refractivity contribution is 5.94. The Bertz CT molecular complexity index is 925. The van der Waals surface area contributed by atoms with Crippen LogP contribution in [-0.2, 0) is 4.74 Å². The summed E-state index contributed by atoms with van der Waals surface area (Å²) in [6.07, 6.45) is 1.56. The van der Waals surface area contributed by atoms with Gasteiger partial charge in [-0.3, -0.25) is 4.57 Å². The largest absolute Gasteiger partial charge is 0.493 e. The molecule has 0 aliphatic rings. The van der Waals surface area contributed by atoms with Crippen molar-refractivity contribution in [2.24, 2.45) is 0 Å². The van der Waals surface area contributed by atoms with Crippen molar-refractivity contribution in [2.75, 3.05) is 28.4 Å². The number of rotatable bonds is 6. The second kappa shape index (κ2) is 7.82. The normalized spacial score (nSPS) is 10.4. The molecule has 1 heterocycles. The smallest absolute Gasteiger partial charge is 0.358 e. The van der Waals surface area contributed by atoms with E-state index in [1.165, 1.54) is 7.11 Å². The van der Waals surface area contributed by atoms with Crippen LogP contribution in [0.5, 0.6) is 17.2 Å². The summed E-state index contributed by atoms with van der Waals surface area (Å²) in [5.74, 6) is 0.969.